The SMILES string of the molecule is CN(CCCN)CCCNc1ccc2nnn3c4ccccc4c(=O)c1c23. The first-order chi connectivity index (χ1) is 13.2. The van der Waals surface area contributed by atoms with E-state index in [9.17, 15) is 4.79 Å². The quantitative estimate of drug-likeness (QED) is 0.367. The first-order valence-corrected chi connectivity index (χ1v) is 9.35. The molecule has 0 spiro atoms. The van der Waals surface area contributed by atoms with Crippen molar-refractivity contribution in [1.82, 2.24) is 19.7 Å². The maximum atomic E-state index is 13.1. The molecule has 0 amide bonds. The predicted molar refractivity (Wildman–Crippen MR) is 110 cm³/mol. The van der Waals surface area contributed by atoms with Crippen molar-refractivity contribution in [3.05, 3.63) is 46.6 Å². The average molecular weight is 364 g/mol. The minimum absolute atomic E-state index is 0.0218. The third kappa shape index (κ3) is 3.20. The molecule has 2 aromatic heterocycles. The van der Waals surface area contributed by atoms with Crippen molar-refractivity contribution in [3.63, 3.8) is 0 Å². The van der Waals surface area contributed by atoms with Gasteiger partial charge in [-0.25, -0.2) is 4.52 Å². The summed E-state index contributed by atoms with van der Waals surface area (Å²) in [4.78, 5) is 15.4. The molecule has 7 nitrogen and oxygen atoms in total. The van der Waals surface area contributed by atoms with Crippen LogP contribution in [0.5, 0.6) is 0 Å². The molecular weight excluding hydrogens is 340 g/mol. The zero-order chi connectivity index (χ0) is 18.8. The van der Waals surface area contributed by atoms with Gasteiger partial charge in [-0.05, 0) is 63.8 Å². The second-order valence-corrected chi connectivity index (χ2v) is 6.93. The maximum Gasteiger partial charge on any atom is 0.199 e. The monoisotopic (exact) mass is 364 g/mol. The van der Waals surface area contributed by atoms with Gasteiger partial charge < -0.3 is 16.0 Å². The fourth-order valence-electron chi connectivity index (χ4n) is 3.59. The summed E-state index contributed by atoms with van der Waals surface area (Å²) in [5.74, 6) is 0. The molecule has 4 rings (SSSR count). The van der Waals surface area contributed by atoms with Gasteiger partial charge in [0.1, 0.15) is 11.0 Å². The molecule has 0 radical (unpaired) electrons. The highest BCUT2D eigenvalue weighted by molar-refractivity contribution is 6.06. The first-order valence-electron chi connectivity index (χ1n) is 9.35. The zero-order valence-corrected chi connectivity index (χ0v) is 15.5. The van der Waals surface area contributed by atoms with Gasteiger partial charge in [0.05, 0.1) is 10.9 Å². The Bertz CT molecular complexity index is 1120. The number of anilines is 1. The van der Waals surface area contributed by atoms with Crippen LogP contribution in [0, 0.1) is 0 Å². The van der Waals surface area contributed by atoms with Crippen LogP contribution in [-0.4, -0.2) is 53.0 Å². The Balaban J connectivity index is 1.63. The molecule has 0 saturated heterocycles. The van der Waals surface area contributed by atoms with Gasteiger partial charge in [-0.15, -0.1) is 5.10 Å². The van der Waals surface area contributed by atoms with Gasteiger partial charge in [0, 0.05) is 17.6 Å². The Morgan fingerprint density at radius 1 is 1.15 bits per heavy atom. The number of hydrogen-bond acceptors (Lipinski definition) is 6. The number of nitrogens with two attached hydrogens (primary N) is 1. The summed E-state index contributed by atoms with van der Waals surface area (Å²) < 4.78 is 1.77. The number of fused-ring (bicyclic) bond motifs is 2. The van der Waals surface area contributed by atoms with Gasteiger partial charge in [-0.3, -0.25) is 4.79 Å². The number of para-hydroxylation sites is 1. The van der Waals surface area contributed by atoms with Crippen LogP contribution in [0.15, 0.2) is 41.2 Å². The molecule has 27 heavy (non-hydrogen) atoms. The Morgan fingerprint density at radius 2 is 1.96 bits per heavy atom. The summed E-state index contributed by atoms with van der Waals surface area (Å²) in [6.07, 6.45) is 2.00. The van der Waals surface area contributed by atoms with Gasteiger partial charge in [0.15, 0.2) is 5.43 Å². The topological polar surface area (TPSA) is 88.5 Å². The lowest BCUT2D eigenvalue weighted by Crippen LogP contribution is -2.24. The Labute approximate surface area is 157 Å². The van der Waals surface area contributed by atoms with E-state index in [-0.39, 0.29) is 5.43 Å². The van der Waals surface area contributed by atoms with Gasteiger partial charge >= 0.3 is 0 Å². The third-order valence-electron chi connectivity index (χ3n) is 4.99. The van der Waals surface area contributed by atoms with E-state index >= 15 is 0 Å². The fraction of sp³-hybridized carbons (Fsp3) is 0.350. The van der Waals surface area contributed by atoms with Crippen molar-refractivity contribution >= 4 is 33.0 Å². The van der Waals surface area contributed by atoms with Crippen LogP contribution in [0.4, 0.5) is 5.69 Å². The van der Waals surface area contributed by atoms with E-state index in [0.717, 1.165) is 61.3 Å². The van der Waals surface area contributed by atoms with E-state index in [1.165, 1.54) is 0 Å². The third-order valence-corrected chi connectivity index (χ3v) is 4.99. The van der Waals surface area contributed by atoms with Gasteiger partial charge in [0.2, 0.25) is 0 Å². The Morgan fingerprint density at radius 3 is 2.81 bits per heavy atom. The van der Waals surface area contributed by atoms with Crippen molar-refractivity contribution < 1.29 is 0 Å². The van der Waals surface area contributed by atoms with Crippen molar-refractivity contribution in [1.29, 1.82) is 0 Å². The standard InChI is InChI=1S/C20H24N6O/c1-25(12-4-10-21)13-5-11-22-15-8-9-16-19-18(15)20(27)14-6-2-3-7-17(14)26(19)24-23-16/h2-3,6-9,22H,4-5,10-13,21H2,1H3. The fourth-order valence-corrected chi connectivity index (χ4v) is 3.59. The lowest BCUT2D eigenvalue weighted by Gasteiger charge is -2.16. The molecule has 0 fully saturated rings. The minimum atomic E-state index is 0.0218. The molecule has 0 aliphatic rings. The Hall–Kier alpha value is -2.77. The molecule has 7 heteroatoms. The Kier molecular flexibility index (Phi) is 4.87. The largest absolute Gasteiger partial charge is 0.384 e. The number of benzene rings is 2. The van der Waals surface area contributed by atoms with Crippen LogP contribution in [0.25, 0.3) is 27.3 Å². The van der Waals surface area contributed by atoms with Crippen LogP contribution < -0.4 is 16.5 Å². The lowest BCUT2D eigenvalue weighted by molar-refractivity contribution is 0.330. The average Bonchev–Trinajstić information content (AvgIpc) is 3.12. The summed E-state index contributed by atoms with van der Waals surface area (Å²) >= 11 is 0. The first kappa shape index (κ1) is 17.6. The molecule has 3 N–H and O–H groups in total. The van der Waals surface area contributed by atoms with E-state index in [1.807, 2.05) is 36.4 Å². The number of hydrogen-bond donors (Lipinski definition) is 2. The minimum Gasteiger partial charge on any atom is -0.384 e. The lowest BCUT2D eigenvalue weighted by atomic mass is 10.1. The molecule has 2 heterocycles. The predicted octanol–water partition coefficient (Wildman–Crippen LogP) is 1.92. The normalized spacial score (nSPS) is 12.0. The summed E-state index contributed by atoms with van der Waals surface area (Å²) in [5.41, 5.74) is 8.73. The second-order valence-electron chi connectivity index (χ2n) is 6.93. The number of pyridine rings is 1. The number of aromatic nitrogens is 3. The number of nitrogens with zero attached hydrogens (tertiary/aromatic N) is 4. The molecule has 0 aliphatic heterocycles. The molecule has 2 aromatic carbocycles. The highest BCUT2D eigenvalue weighted by Gasteiger charge is 2.17. The summed E-state index contributed by atoms with van der Waals surface area (Å²) in [6, 6.07) is 11.4. The summed E-state index contributed by atoms with van der Waals surface area (Å²) in [5, 5.41) is 13.2. The number of rotatable bonds is 8. The van der Waals surface area contributed by atoms with Gasteiger partial charge in [0.25, 0.3) is 0 Å². The molecule has 0 bridgehead atoms. The summed E-state index contributed by atoms with van der Waals surface area (Å²) in [6.45, 7) is 3.51. The van der Waals surface area contributed by atoms with E-state index in [0.29, 0.717) is 10.8 Å². The molecule has 0 aliphatic carbocycles. The molecular formula is C20H24N6O. The van der Waals surface area contributed by atoms with E-state index in [2.05, 4.69) is 27.6 Å². The van der Waals surface area contributed by atoms with E-state index < -0.39 is 0 Å². The van der Waals surface area contributed by atoms with Crippen LogP contribution in [0.2, 0.25) is 0 Å². The van der Waals surface area contributed by atoms with Crippen LogP contribution >= 0.6 is 0 Å². The van der Waals surface area contributed by atoms with Crippen LogP contribution in [-0.2, 0) is 0 Å². The highest BCUT2D eigenvalue weighted by Crippen LogP contribution is 2.27. The van der Waals surface area contributed by atoms with Crippen molar-refractivity contribution in [2.75, 3.05) is 38.5 Å². The maximum absolute atomic E-state index is 13.1. The zero-order valence-electron chi connectivity index (χ0n) is 15.5. The molecule has 4 aromatic rings. The summed E-state index contributed by atoms with van der Waals surface area (Å²) in [7, 11) is 2.11. The van der Waals surface area contributed by atoms with Gasteiger partial charge in [-0.1, -0.05) is 17.3 Å². The molecule has 0 atom stereocenters. The molecule has 0 unspecified atom stereocenters. The van der Waals surface area contributed by atoms with E-state index in [1.54, 1.807) is 4.52 Å². The van der Waals surface area contributed by atoms with Crippen LogP contribution in [0.3, 0.4) is 0 Å². The van der Waals surface area contributed by atoms with Crippen LogP contribution in [0.1, 0.15) is 12.8 Å². The second kappa shape index (κ2) is 7.46. The van der Waals surface area contributed by atoms with Crippen molar-refractivity contribution in [3.8, 4) is 0 Å². The highest BCUT2D eigenvalue weighted by atomic mass is 16.1. The molecule has 0 saturated carbocycles. The number of nitrogens with one attached hydrogen (secondary N) is 1. The molecule has 140 valence electrons. The van der Waals surface area contributed by atoms with Crippen molar-refractivity contribution in [2.24, 2.45) is 5.73 Å². The smallest absolute Gasteiger partial charge is 0.199 e. The van der Waals surface area contributed by atoms with Gasteiger partial charge in [-0.2, -0.15) is 0 Å². The van der Waals surface area contributed by atoms with E-state index in [4.69, 9.17) is 5.73 Å². The van der Waals surface area contributed by atoms with Crippen molar-refractivity contribution in [2.45, 2.75) is 12.8 Å².